The number of nitrogens with zero attached hydrogens (tertiary/aromatic N) is 2. The lowest BCUT2D eigenvalue weighted by molar-refractivity contribution is -0.134. The first-order valence-electron chi connectivity index (χ1n) is 12.9. The van der Waals surface area contributed by atoms with E-state index in [1.165, 1.54) is 0 Å². The average Bonchev–Trinajstić information content (AvgIpc) is 2.91. The lowest BCUT2D eigenvalue weighted by Gasteiger charge is -2.34. The van der Waals surface area contributed by atoms with E-state index in [1.807, 2.05) is 51.1 Å². The van der Waals surface area contributed by atoms with E-state index in [1.54, 1.807) is 42.0 Å². The Bertz CT molecular complexity index is 1110. The highest BCUT2D eigenvalue weighted by molar-refractivity contribution is 5.90. The molecule has 0 unspecified atom stereocenters. The molecule has 10 nitrogen and oxygen atoms in total. The van der Waals surface area contributed by atoms with Crippen molar-refractivity contribution in [2.24, 2.45) is 5.92 Å². The number of hydrogen-bond acceptors (Lipinski definition) is 5. The number of fused-ring (bicyclic) bond motifs is 1. The van der Waals surface area contributed by atoms with Crippen LogP contribution < -0.4 is 20.7 Å². The van der Waals surface area contributed by atoms with Crippen LogP contribution in [0, 0.1) is 5.92 Å². The van der Waals surface area contributed by atoms with Crippen molar-refractivity contribution in [2.45, 2.75) is 52.3 Å². The van der Waals surface area contributed by atoms with Crippen LogP contribution in [0.5, 0.6) is 5.75 Å². The van der Waals surface area contributed by atoms with Gasteiger partial charge in [0.05, 0.1) is 25.6 Å². The molecule has 10 heteroatoms. The molecule has 3 atom stereocenters. The maximum absolute atomic E-state index is 13.3. The quantitative estimate of drug-likeness (QED) is 0.440. The van der Waals surface area contributed by atoms with E-state index >= 15 is 0 Å². The number of aliphatic hydroxyl groups is 1. The van der Waals surface area contributed by atoms with E-state index in [2.05, 4.69) is 16.0 Å². The Morgan fingerprint density at radius 2 is 1.82 bits per heavy atom. The number of urea groups is 2. The topological polar surface area (TPSA) is 123 Å². The van der Waals surface area contributed by atoms with Crippen molar-refractivity contribution in [3.05, 3.63) is 54.1 Å². The van der Waals surface area contributed by atoms with Gasteiger partial charge in [-0.3, -0.25) is 4.79 Å². The molecule has 1 aliphatic heterocycles. The predicted molar refractivity (Wildman–Crippen MR) is 147 cm³/mol. The molecule has 1 aliphatic rings. The fourth-order valence-electron chi connectivity index (χ4n) is 4.25. The zero-order valence-corrected chi connectivity index (χ0v) is 22.7. The summed E-state index contributed by atoms with van der Waals surface area (Å²) in [5.41, 5.74) is 1.83. The van der Waals surface area contributed by atoms with Gasteiger partial charge in [-0.1, -0.05) is 25.1 Å². The molecular formula is C28H39N5O5. The van der Waals surface area contributed by atoms with E-state index in [9.17, 15) is 19.5 Å². The SMILES string of the molecule is CC(C)NC(=O)Nc1ccc2c(c1)CC(=O)N([C@H](C)CO)C[C@H](C)[C@H](CN(C)C(=O)Nc1ccccc1)O2. The molecular weight excluding hydrogens is 486 g/mol. The number of rotatable bonds is 7. The number of ether oxygens (including phenoxy) is 1. The predicted octanol–water partition coefficient (Wildman–Crippen LogP) is 3.53. The summed E-state index contributed by atoms with van der Waals surface area (Å²) < 4.78 is 6.44. The van der Waals surface area contributed by atoms with Crippen molar-refractivity contribution >= 4 is 29.3 Å². The summed E-state index contributed by atoms with van der Waals surface area (Å²) in [6.45, 7) is 7.95. The zero-order valence-electron chi connectivity index (χ0n) is 22.7. The number of aliphatic hydroxyl groups excluding tert-OH is 1. The van der Waals surface area contributed by atoms with Crippen LogP contribution in [0.15, 0.2) is 48.5 Å². The standard InChI is InChI=1S/C28H39N5O5/c1-18(2)29-27(36)30-23-11-12-24-21(13-23)14-26(35)33(20(4)17-34)15-19(3)25(38-24)16-32(5)28(37)31-22-9-7-6-8-10-22/h6-13,18-20,25,34H,14-17H2,1-5H3,(H,31,37)(H2,29,30,36)/t19-,20+,25-/m0/s1. The van der Waals surface area contributed by atoms with Crippen LogP contribution in [0.3, 0.4) is 0 Å². The van der Waals surface area contributed by atoms with Crippen LogP contribution >= 0.6 is 0 Å². The number of carbonyl (C=O) groups excluding carboxylic acids is 3. The molecule has 2 aromatic carbocycles. The van der Waals surface area contributed by atoms with E-state index in [0.29, 0.717) is 29.2 Å². The molecule has 38 heavy (non-hydrogen) atoms. The first-order valence-corrected chi connectivity index (χ1v) is 12.9. The van der Waals surface area contributed by atoms with Crippen molar-refractivity contribution < 1.29 is 24.2 Å². The van der Waals surface area contributed by atoms with Crippen LogP contribution in [0.25, 0.3) is 0 Å². The number of para-hydroxylation sites is 1. The highest BCUT2D eigenvalue weighted by Gasteiger charge is 2.32. The van der Waals surface area contributed by atoms with E-state index in [0.717, 1.165) is 0 Å². The van der Waals surface area contributed by atoms with Crippen LogP contribution in [0.2, 0.25) is 0 Å². The maximum Gasteiger partial charge on any atom is 0.321 e. The summed E-state index contributed by atoms with van der Waals surface area (Å²) in [5, 5.41) is 18.3. The molecule has 0 fully saturated rings. The molecule has 0 saturated heterocycles. The third kappa shape index (κ3) is 7.85. The first-order chi connectivity index (χ1) is 18.1. The maximum atomic E-state index is 13.3. The Balaban J connectivity index is 1.87. The molecule has 5 amide bonds. The third-order valence-electron chi connectivity index (χ3n) is 6.42. The first kappa shape index (κ1) is 28.8. The minimum atomic E-state index is -0.442. The second kappa shape index (κ2) is 13.1. The number of hydrogen-bond donors (Lipinski definition) is 4. The van der Waals surface area contributed by atoms with Crippen molar-refractivity contribution in [1.29, 1.82) is 0 Å². The molecule has 0 aliphatic carbocycles. The summed E-state index contributed by atoms with van der Waals surface area (Å²) in [6.07, 6.45) is -0.396. The van der Waals surface area contributed by atoms with Gasteiger partial charge in [0.2, 0.25) is 5.91 Å². The molecule has 2 aromatic rings. The van der Waals surface area contributed by atoms with Gasteiger partial charge >= 0.3 is 12.1 Å². The summed E-state index contributed by atoms with van der Waals surface area (Å²) >= 11 is 0. The average molecular weight is 526 g/mol. The highest BCUT2D eigenvalue weighted by atomic mass is 16.5. The second-order valence-corrected chi connectivity index (χ2v) is 10.1. The molecule has 0 saturated carbocycles. The van der Waals surface area contributed by atoms with Gasteiger partial charge in [-0.15, -0.1) is 0 Å². The van der Waals surface area contributed by atoms with E-state index in [-0.39, 0.29) is 55.5 Å². The van der Waals surface area contributed by atoms with Gasteiger partial charge in [0.25, 0.3) is 0 Å². The van der Waals surface area contributed by atoms with Gasteiger partial charge in [0.1, 0.15) is 11.9 Å². The molecule has 3 rings (SSSR count). The van der Waals surface area contributed by atoms with Gasteiger partial charge in [-0.05, 0) is 51.1 Å². The van der Waals surface area contributed by atoms with Crippen LogP contribution in [-0.4, -0.2) is 77.8 Å². The van der Waals surface area contributed by atoms with Crippen LogP contribution in [0.1, 0.15) is 33.3 Å². The highest BCUT2D eigenvalue weighted by Crippen LogP contribution is 2.29. The third-order valence-corrected chi connectivity index (χ3v) is 6.42. The Morgan fingerprint density at radius 1 is 1.11 bits per heavy atom. The van der Waals surface area contributed by atoms with E-state index < -0.39 is 6.10 Å². The van der Waals surface area contributed by atoms with Crippen LogP contribution in [0.4, 0.5) is 21.0 Å². The summed E-state index contributed by atoms with van der Waals surface area (Å²) in [7, 11) is 1.70. The normalized spacial score (nSPS) is 18.3. The molecule has 0 spiro atoms. The minimum Gasteiger partial charge on any atom is -0.488 e. The fourth-order valence-corrected chi connectivity index (χ4v) is 4.25. The monoisotopic (exact) mass is 525 g/mol. The van der Waals surface area contributed by atoms with E-state index in [4.69, 9.17) is 4.74 Å². The Hall–Kier alpha value is -3.79. The van der Waals surface area contributed by atoms with Gasteiger partial charge in [-0.2, -0.15) is 0 Å². The Morgan fingerprint density at radius 3 is 2.47 bits per heavy atom. The van der Waals surface area contributed by atoms with Gasteiger partial charge < -0.3 is 35.6 Å². The molecule has 1 heterocycles. The van der Waals surface area contributed by atoms with Crippen molar-refractivity contribution in [3.63, 3.8) is 0 Å². The number of likely N-dealkylation sites (N-methyl/N-ethyl adjacent to an activating group) is 1. The zero-order chi connectivity index (χ0) is 27.8. The fraction of sp³-hybridized carbons (Fsp3) is 0.464. The number of benzene rings is 2. The summed E-state index contributed by atoms with van der Waals surface area (Å²) in [4.78, 5) is 41.6. The lowest BCUT2D eigenvalue weighted by atomic mass is 10.0. The van der Waals surface area contributed by atoms with Gasteiger partial charge in [-0.25, -0.2) is 9.59 Å². The Labute approximate surface area is 224 Å². The van der Waals surface area contributed by atoms with Crippen molar-refractivity contribution in [3.8, 4) is 5.75 Å². The smallest absolute Gasteiger partial charge is 0.321 e. The number of carbonyl (C=O) groups is 3. The molecule has 0 bridgehead atoms. The molecule has 0 radical (unpaired) electrons. The summed E-state index contributed by atoms with van der Waals surface area (Å²) in [6, 6.07) is 13.4. The minimum absolute atomic E-state index is 0.0281. The van der Waals surface area contributed by atoms with Crippen molar-refractivity contribution in [2.75, 3.05) is 37.4 Å². The molecule has 0 aromatic heterocycles. The number of amides is 5. The van der Waals surface area contributed by atoms with Crippen LogP contribution in [-0.2, 0) is 11.2 Å². The lowest BCUT2D eigenvalue weighted by Crippen LogP contribution is -2.48. The number of anilines is 2. The largest absolute Gasteiger partial charge is 0.488 e. The van der Waals surface area contributed by atoms with Gasteiger partial charge in [0.15, 0.2) is 0 Å². The second-order valence-electron chi connectivity index (χ2n) is 10.1. The number of nitrogens with one attached hydrogen (secondary N) is 3. The van der Waals surface area contributed by atoms with Crippen molar-refractivity contribution in [1.82, 2.24) is 15.1 Å². The van der Waals surface area contributed by atoms with Gasteiger partial charge in [0, 0.05) is 42.5 Å². The summed E-state index contributed by atoms with van der Waals surface area (Å²) in [5.74, 6) is 0.212. The molecule has 206 valence electrons. The Kier molecular flexibility index (Phi) is 9.95. The molecule has 4 N–H and O–H groups in total.